The van der Waals surface area contributed by atoms with Crippen LogP contribution < -0.4 is 10.6 Å². The van der Waals surface area contributed by atoms with Gasteiger partial charge in [-0.05, 0) is 6.54 Å². The number of carbonyl (C=O) groups is 2. The second kappa shape index (κ2) is 8.23. The van der Waals surface area contributed by atoms with E-state index in [4.69, 9.17) is 0 Å². The Bertz CT molecular complexity index is 207. The summed E-state index contributed by atoms with van der Waals surface area (Å²) >= 11 is 0. The van der Waals surface area contributed by atoms with Crippen molar-refractivity contribution in [2.75, 3.05) is 26.7 Å². The topological polar surface area (TPSA) is 67.4 Å². The van der Waals surface area contributed by atoms with Crippen molar-refractivity contribution < 1.29 is 14.3 Å². The fourth-order valence-electron chi connectivity index (χ4n) is 1.02. The molecular weight excluding hydrogens is 196 g/mol. The summed E-state index contributed by atoms with van der Waals surface area (Å²) in [6, 6.07) is 0. The summed E-state index contributed by atoms with van der Waals surface area (Å²) in [4.78, 5) is 22.2. The van der Waals surface area contributed by atoms with E-state index in [1.807, 2.05) is 13.8 Å². The van der Waals surface area contributed by atoms with Crippen LogP contribution in [0.25, 0.3) is 0 Å². The Morgan fingerprint density at radius 1 is 1.40 bits per heavy atom. The monoisotopic (exact) mass is 216 g/mol. The number of carbonyl (C=O) groups excluding carboxylic acids is 2. The van der Waals surface area contributed by atoms with Gasteiger partial charge < -0.3 is 15.4 Å². The van der Waals surface area contributed by atoms with E-state index < -0.39 is 0 Å². The molecule has 1 unspecified atom stereocenters. The van der Waals surface area contributed by atoms with Crippen LogP contribution in [0, 0.1) is 5.92 Å². The van der Waals surface area contributed by atoms with Crippen molar-refractivity contribution in [3.63, 3.8) is 0 Å². The standard InChI is InChI=1S/C10H20N2O3/c1-4-11-7-8(2)10(14)12-6-5-9(13)15-3/h8,11H,4-7H2,1-3H3,(H,12,14). The van der Waals surface area contributed by atoms with Crippen molar-refractivity contribution in [3.8, 4) is 0 Å². The third-order valence-corrected chi connectivity index (χ3v) is 2.00. The molecule has 0 aromatic heterocycles. The highest BCUT2D eigenvalue weighted by Gasteiger charge is 2.11. The van der Waals surface area contributed by atoms with Crippen molar-refractivity contribution in [2.45, 2.75) is 20.3 Å². The Morgan fingerprint density at radius 2 is 2.07 bits per heavy atom. The van der Waals surface area contributed by atoms with Crippen LogP contribution in [0.5, 0.6) is 0 Å². The quantitative estimate of drug-likeness (QED) is 0.584. The van der Waals surface area contributed by atoms with E-state index in [1.54, 1.807) is 0 Å². The predicted octanol–water partition coefficient (Wildman–Crippen LogP) is -0.0887. The minimum Gasteiger partial charge on any atom is -0.469 e. The van der Waals surface area contributed by atoms with E-state index >= 15 is 0 Å². The Kier molecular flexibility index (Phi) is 7.62. The smallest absolute Gasteiger partial charge is 0.307 e. The molecule has 0 aromatic rings. The van der Waals surface area contributed by atoms with Gasteiger partial charge in [0.15, 0.2) is 0 Å². The van der Waals surface area contributed by atoms with Crippen LogP contribution in [0.15, 0.2) is 0 Å². The number of ether oxygens (including phenoxy) is 1. The van der Waals surface area contributed by atoms with Gasteiger partial charge in [0.05, 0.1) is 13.5 Å². The van der Waals surface area contributed by atoms with Gasteiger partial charge in [-0.2, -0.15) is 0 Å². The molecule has 1 amide bonds. The van der Waals surface area contributed by atoms with E-state index in [9.17, 15) is 9.59 Å². The van der Waals surface area contributed by atoms with Crippen molar-refractivity contribution in [2.24, 2.45) is 5.92 Å². The molecule has 0 fully saturated rings. The molecule has 0 radical (unpaired) electrons. The first kappa shape index (κ1) is 13.9. The van der Waals surface area contributed by atoms with Crippen molar-refractivity contribution >= 4 is 11.9 Å². The van der Waals surface area contributed by atoms with Crippen molar-refractivity contribution in [1.82, 2.24) is 10.6 Å². The Morgan fingerprint density at radius 3 is 2.60 bits per heavy atom. The molecule has 15 heavy (non-hydrogen) atoms. The highest BCUT2D eigenvalue weighted by molar-refractivity contribution is 5.79. The first-order valence-corrected chi connectivity index (χ1v) is 5.17. The minimum atomic E-state index is -0.311. The summed E-state index contributed by atoms with van der Waals surface area (Å²) in [7, 11) is 1.33. The second-order valence-corrected chi connectivity index (χ2v) is 3.33. The molecule has 0 aliphatic heterocycles. The molecule has 5 heteroatoms. The first-order chi connectivity index (χ1) is 7.11. The molecule has 5 nitrogen and oxygen atoms in total. The lowest BCUT2D eigenvalue weighted by Crippen LogP contribution is -2.36. The summed E-state index contributed by atoms with van der Waals surface area (Å²) in [6.07, 6.45) is 0.218. The van der Waals surface area contributed by atoms with Crippen LogP contribution in [0.4, 0.5) is 0 Å². The molecule has 0 aromatic carbocycles. The lowest BCUT2D eigenvalue weighted by molar-refractivity contribution is -0.140. The molecule has 1 atom stereocenters. The van der Waals surface area contributed by atoms with Gasteiger partial charge >= 0.3 is 5.97 Å². The maximum absolute atomic E-state index is 11.4. The molecule has 2 N–H and O–H groups in total. The van der Waals surface area contributed by atoms with Crippen LogP contribution in [-0.2, 0) is 14.3 Å². The van der Waals surface area contributed by atoms with E-state index in [-0.39, 0.29) is 24.2 Å². The fourth-order valence-corrected chi connectivity index (χ4v) is 1.02. The second-order valence-electron chi connectivity index (χ2n) is 3.33. The molecule has 0 aliphatic carbocycles. The van der Waals surface area contributed by atoms with E-state index in [1.165, 1.54) is 7.11 Å². The lowest BCUT2D eigenvalue weighted by Gasteiger charge is -2.11. The van der Waals surface area contributed by atoms with Gasteiger partial charge in [-0.3, -0.25) is 9.59 Å². The Hall–Kier alpha value is -1.10. The molecule has 0 rings (SSSR count). The highest BCUT2D eigenvalue weighted by atomic mass is 16.5. The van der Waals surface area contributed by atoms with Gasteiger partial charge in [0.1, 0.15) is 0 Å². The summed E-state index contributed by atoms with van der Waals surface area (Å²) in [5.41, 5.74) is 0. The SMILES string of the molecule is CCNCC(C)C(=O)NCCC(=O)OC. The van der Waals surface area contributed by atoms with Gasteiger partial charge in [0, 0.05) is 19.0 Å². The van der Waals surface area contributed by atoms with Gasteiger partial charge in [0.2, 0.25) is 5.91 Å². The molecule has 0 bridgehead atoms. The minimum absolute atomic E-state index is 0.0418. The maximum atomic E-state index is 11.4. The average molecular weight is 216 g/mol. The number of hydrogen-bond acceptors (Lipinski definition) is 4. The Balaban J connectivity index is 3.59. The van der Waals surface area contributed by atoms with Crippen LogP contribution in [0.3, 0.4) is 0 Å². The number of rotatable bonds is 7. The van der Waals surface area contributed by atoms with E-state index in [2.05, 4.69) is 15.4 Å². The van der Waals surface area contributed by atoms with Crippen LogP contribution in [0.1, 0.15) is 20.3 Å². The zero-order valence-corrected chi connectivity index (χ0v) is 9.63. The predicted molar refractivity (Wildman–Crippen MR) is 57.4 cm³/mol. The van der Waals surface area contributed by atoms with Crippen LogP contribution in [0.2, 0.25) is 0 Å². The van der Waals surface area contributed by atoms with Crippen molar-refractivity contribution in [3.05, 3.63) is 0 Å². The van der Waals surface area contributed by atoms with Crippen LogP contribution >= 0.6 is 0 Å². The first-order valence-electron chi connectivity index (χ1n) is 5.17. The van der Waals surface area contributed by atoms with Gasteiger partial charge in [0.25, 0.3) is 0 Å². The fraction of sp³-hybridized carbons (Fsp3) is 0.800. The summed E-state index contributed by atoms with van der Waals surface area (Å²) < 4.78 is 4.45. The van der Waals surface area contributed by atoms with Gasteiger partial charge in [-0.15, -0.1) is 0 Å². The number of nitrogens with one attached hydrogen (secondary N) is 2. The summed E-state index contributed by atoms with van der Waals surface area (Å²) in [5.74, 6) is -0.433. The summed E-state index contributed by atoms with van der Waals surface area (Å²) in [6.45, 7) is 5.67. The number of methoxy groups -OCH3 is 1. The van der Waals surface area contributed by atoms with Crippen molar-refractivity contribution in [1.29, 1.82) is 0 Å². The lowest BCUT2D eigenvalue weighted by atomic mass is 10.1. The largest absolute Gasteiger partial charge is 0.469 e. The molecular formula is C10H20N2O3. The zero-order chi connectivity index (χ0) is 11.7. The number of amides is 1. The maximum Gasteiger partial charge on any atom is 0.307 e. The van der Waals surface area contributed by atoms with E-state index in [0.717, 1.165) is 6.54 Å². The molecule has 0 saturated heterocycles. The highest BCUT2D eigenvalue weighted by Crippen LogP contribution is 1.92. The van der Waals surface area contributed by atoms with E-state index in [0.29, 0.717) is 13.1 Å². The molecule has 0 aliphatic rings. The number of hydrogen-bond donors (Lipinski definition) is 2. The van der Waals surface area contributed by atoms with Crippen LogP contribution in [-0.4, -0.2) is 38.6 Å². The summed E-state index contributed by atoms with van der Waals surface area (Å²) in [5, 5.41) is 5.76. The molecule has 88 valence electrons. The molecule has 0 heterocycles. The Labute approximate surface area is 90.6 Å². The third-order valence-electron chi connectivity index (χ3n) is 2.00. The average Bonchev–Trinajstić information content (AvgIpc) is 2.25. The number of esters is 1. The normalized spacial score (nSPS) is 11.9. The third kappa shape index (κ3) is 6.90. The van der Waals surface area contributed by atoms with Gasteiger partial charge in [-0.1, -0.05) is 13.8 Å². The van der Waals surface area contributed by atoms with Gasteiger partial charge in [-0.25, -0.2) is 0 Å². The molecule has 0 spiro atoms. The zero-order valence-electron chi connectivity index (χ0n) is 9.63. The molecule has 0 saturated carbocycles.